The average molecular weight is 348 g/mol. The van der Waals surface area contributed by atoms with Gasteiger partial charge < -0.3 is 21.3 Å². The Morgan fingerprint density at radius 1 is 1.20 bits per heavy atom. The van der Waals surface area contributed by atoms with E-state index in [4.69, 9.17) is 5.73 Å². The molecule has 0 saturated carbocycles. The van der Waals surface area contributed by atoms with E-state index >= 15 is 0 Å². The van der Waals surface area contributed by atoms with Gasteiger partial charge in [0, 0.05) is 24.3 Å². The van der Waals surface area contributed by atoms with E-state index in [2.05, 4.69) is 29.4 Å². The molecule has 1 aromatic carbocycles. The third-order valence-electron chi connectivity index (χ3n) is 4.56. The van der Waals surface area contributed by atoms with E-state index in [1.54, 1.807) is 24.3 Å². The number of rotatable bonds is 10. The molecular formula is C19H32N4O2. The number of hydrogen-bond acceptors (Lipinski definition) is 4. The number of amides is 2. The zero-order valence-electron chi connectivity index (χ0n) is 15.8. The number of nitrogens with zero attached hydrogens (tertiary/aromatic N) is 1. The first-order valence-electron chi connectivity index (χ1n) is 9.09. The molecule has 0 bridgehead atoms. The Kier molecular flexibility index (Phi) is 9.16. The maximum Gasteiger partial charge on any atom is 0.251 e. The number of hydrogen-bond donors (Lipinski definition) is 3. The molecule has 6 heteroatoms. The highest BCUT2D eigenvalue weighted by molar-refractivity contribution is 5.98. The van der Waals surface area contributed by atoms with Crippen LogP contribution in [0.1, 0.15) is 44.5 Å². The van der Waals surface area contributed by atoms with Crippen LogP contribution in [0.15, 0.2) is 24.3 Å². The number of nitrogens with two attached hydrogens (primary N) is 1. The second kappa shape index (κ2) is 10.8. The van der Waals surface area contributed by atoms with Gasteiger partial charge in [-0.1, -0.05) is 40.2 Å². The maximum absolute atomic E-state index is 12.3. The molecule has 0 aromatic heterocycles. The van der Waals surface area contributed by atoms with Crippen LogP contribution in [0.4, 0.5) is 5.69 Å². The Balaban J connectivity index is 2.62. The van der Waals surface area contributed by atoms with Crippen molar-refractivity contribution in [3.05, 3.63) is 29.8 Å². The molecule has 0 saturated heterocycles. The quantitative estimate of drug-likeness (QED) is 0.604. The summed E-state index contributed by atoms with van der Waals surface area (Å²) < 4.78 is 0. The van der Waals surface area contributed by atoms with Crippen LogP contribution in [0, 0.1) is 5.92 Å². The predicted molar refractivity (Wildman–Crippen MR) is 103 cm³/mol. The van der Waals surface area contributed by atoms with Crippen LogP contribution in [0.5, 0.6) is 0 Å². The van der Waals surface area contributed by atoms with E-state index in [0.29, 0.717) is 17.8 Å². The van der Waals surface area contributed by atoms with Crippen molar-refractivity contribution >= 4 is 17.5 Å². The Bertz CT molecular complexity index is 558. The van der Waals surface area contributed by atoms with E-state index in [1.807, 2.05) is 13.8 Å². The first-order valence-corrected chi connectivity index (χ1v) is 9.09. The van der Waals surface area contributed by atoms with Crippen molar-refractivity contribution < 1.29 is 9.59 Å². The second-order valence-electron chi connectivity index (χ2n) is 6.26. The lowest BCUT2D eigenvalue weighted by molar-refractivity contribution is -0.118. The van der Waals surface area contributed by atoms with Crippen LogP contribution in [-0.4, -0.2) is 48.9 Å². The zero-order valence-corrected chi connectivity index (χ0v) is 15.8. The summed E-state index contributed by atoms with van der Waals surface area (Å²) in [6, 6.07) is 6.36. The summed E-state index contributed by atoms with van der Waals surface area (Å²) in [6.07, 6.45) is 0.837. The highest BCUT2D eigenvalue weighted by Crippen LogP contribution is 2.13. The second-order valence-corrected chi connectivity index (χ2v) is 6.26. The zero-order chi connectivity index (χ0) is 18.8. The molecule has 2 unspecified atom stereocenters. The lowest BCUT2D eigenvalue weighted by Crippen LogP contribution is -2.40. The van der Waals surface area contributed by atoms with Crippen molar-refractivity contribution in [2.75, 3.05) is 31.5 Å². The van der Waals surface area contributed by atoms with Gasteiger partial charge in [-0.3, -0.25) is 9.59 Å². The Hall–Kier alpha value is -1.92. The van der Waals surface area contributed by atoms with E-state index < -0.39 is 6.04 Å². The Morgan fingerprint density at radius 3 is 2.48 bits per heavy atom. The van der Waals surface area contributed by atoms with Gasteiger partial charge in [-0.2, -0.15) is 0 Å². The van der Waals surface area contributed by atoms with Gasteiger partial charge >= 0.3 is 0 Å². The van der Waals surface area contributed by atoms with Gasteiger partial charge in [0.2, 0.25) is 5.91 Å². The van der Waals surface area contributed by atoms with E-state index in [1.165, 1.54) is 0 Å². The van der Waals surface area contributed by atoms with E-state index in [0.717, 1.165) is 26.1 Å². The number of likely N-dealkylation sites (N-methyl/N-ethyl adjacent to an activating group) is 1. The monoisotopic (exact) mass is 348 g/mol. The van der Waals surface area contributed by atoms with Gasteiger partial charge in [0.1, 0.15) is 0 Å². The first-order chi connectivity index (χ1) is 11.9. The molecule has 0 heterocycles. The maximum atomic E-state index is 12.3. The van der Waals surface area contributed by atoms with Crippen LogP contribution < -0.4 is 16.4 Å². The molecule has 1 aromatic rings. The molecule has 140 valence electrons. The molecule has 4 N–H and O–H groups in total. The minimum Gasteiger partial charge on any atom is -0.351 e. The number of anilines is 1. The number of carbonyl (C=O) groups is 2. The van der Waals surface area contributed by atoms with Crippen molar-refractivity contribution in [3.63, 3.8) is 0 Å². The Morgan fingerprint density at radius 2 is 1.88 bits per heavy atom. The molecule has 0 radical (unpaired) electrons. The number of nitrogens with one attached hydrogen (secondary N) is 2. The predicted octanol–water partition coefficient (Wildman–Crippen LogP) is 2.07. The third kappa shape index (κ3) is 6.84. The van der Waals surface area contributed by atoms with E-state index in [-0.39, 0.29) is 17.7 Å². The SMILES string of the molecule is CCC(C)C(N)C(=O)Nc1cccc(C(=O)NCCN(CC)CC)c1. The average Bonchev–Trinajstić information content (AvgIpc) is 2.63. The normalized spacial score (nSPS) is 13.4. The molecule has 0 aliphatic carbocycles. The summed E-state index contributed by atoms with van der Waals surface area (Å²) in [6.45, 7) is 11.5. The highest BCUT2D eigenvalue weighted by Gasteiger charge is 2.19. The van der Waals surface area contributed by atoms with Crippen molar-refractivity contribution in [1.29, 1.82) is 0 Å². The molecule has 25 heavy (non-hydrogen) atoms. The minimum atomic E-state index is -0.559. The Labute approximate surface area is 151 Å². The fourth-order valence-corrected chi connectivity index (χ4v) is 2.45. The number of benzene rings is 1. The van der Waals surface area contributed by atoms with Crippen molar-refractivity contribution in [1.82, 2.24) is 10.2 Å². The minimum absolute atomic E-state index is 0.103. The first kappa shape index (κ1) is 21.1. The molecule has 2 amide bonds. The topological polar surface area (TPSA) is 87.5 Å². The summed E-state index contributed by atoms with van der Waals surface area (Å²) in [5.74, 6) is -0.269. The van der Waals surface area contributed by atoms with Crippen LogP contribution in [0.2, 0.25) is 0 Å². The molecular weight excluding hydrogens is 316 g/mol. The standard InChI is InChI=1S/C19H32N4O2/c1-5-14(4)17(20)19(25)22-16-10-8-9-15(13-16)18(24)21-11-12-23(6-2)7-3/h8-10,13-14,17H,5-7,11-12,20H2,1-4H3,(H,21,24)(H,22,25). The summed E-state index contributed by atoms with van der Waals surface area (Å²) in [7, 11) is 0. The summed E-state index contributed by atoms with van der Waals surface area (Å²) in [5, 5.41) is 5.70. The third-order valence-corrected chi connectivity index (χ3v) is 4.56. The highest BCUT2D eigenvalue weighted by atomic mass is 16.2. The van der Waals surface area contributed by atoms with Gasteiger partial charge in [-0.15, -0.1) is 0 Å². The molecule has 1 rings (SSSR count). The van der Waals surface area contributed by atoms with E-state index in [9.17, 15) is 9.59 Å². The molecule has 0 aliphatic rings. The lowest BCUT2D eigenvalue weighted by atomic mass is 9.99. The molecule has 0 fully saturated rings. The van der Waals surface area contributed by atoms with Gasteiger partial charge in [0.15, 0.2) is 0 Å². The van der Waals surface area contributed by atoms with Crippen LogP contribution in [-0.2, 0) is 4.79 Å². The van der Waals surface area contributed by atoms with Gasteiger partial charge in [-0.25, -0.2) is 0 Å². The van der Waals surface area contributed by atoms with Crippen molar-refractivity contribution in [2.24, 2.45) is 11.7 Å². The van der Waals surface area contributed by atoms with Crippen LogP contribution >= 0.6 is 0 Å². The fraction of sp³-hybridized carbons (Fsp3) is 0.579. The summed E-state index contributed by atoms with van der Waals surface area (Å²) in [5.41, 5.74) is 7.05. The van der Waals surface area contributed by atoms with Crippen molar-refractivity contribution in [2.45, 2.75) is 40.2 Å². The smallest absolute Gasteiger partial charge is 0.251 e. The van der Waals surface area contributed by atoms with Crippen LogP contribution in [0.25, 0.3) is 0 Å². The largest absolute Gasteiger partial charge is 0.351 e. The van der Waals surface area contributed by atoms with Gasteiger partial charge in [0.25, 0.3) is 5.91 Å². The fourth-order valence-electron chi connectivity index (χ4n) is 2.45. The molecule has 0 spiro atoms. The lowest BCUT2D eigenvalue weighted by Gasteiger charge is -2.18. The number of carbonyl (C=O) groups excluding carboxylic acids is 2. The molecule has 2 atom stereocenters. The van der Waals surface area contributed by atoms with Gasteiger partial charge in [-0.05, 0) is 37.2 Å². The molecule has 6 nitrogen and oxygen atoms in total. The van der Waals surface area contributed by atoms with Crippen molar-refractivity contribution in [3.8, 4) is 0 Å². The van der Waals surface area contributed by atoms with Crippen LogP contribution in [0.3, 0.4) is 0 Å². The van der Waals surface area contributed by atoms with Gasteiger partial charge in [0.05, 0.1) is 6.04 Å². The summed E-state index contributed by atoms with van der Waals surface area (Å²) in [4.78, 5) is 26.7. The summed E-state index contributed by atoms with van der Waals surface area (Å²) >= 11 is 0. The molecule has 0 aliphatic heterocycles.